The Balaban J connectivity index is 1.76. The monoisotopic (exact) mass is 298 g/mol. The maximum absolute atomic E-state index is 13.7. The number of nitrogens with one attached hydrogen (secondary N) is 1. The van der Waals surface area contributed by atoms with E-state index in [2.05, 4.69) is 29.2 Å². The lowest BCUT2D eigenvalue weighted by Gasteiger charge is -2.22. The number of nitrogens with zero attached hydrogens (tertiary/aromatic N) is 3. The highest BCUT2D eigenvalue weighted by molar-refractivity contribution is 5.81. The standard InChI is InChI=1S/C17H19FN4/c1-12(13(2)22-8-4-7-21-22)20-11-15-10-16(18)9-14-5-3-6-19-17(14)15/h3-10,12-13,20H,11H2,1-2H3/t12-,13-/m0/s1. The molecule has 4 nitrogen and oxygen atoms in total. The van der Waals surface area contributed by atoms with Crippen LogP contribution < -0.4 is 5.32 Å². The summed E-state index contributed by atoms with van der Waals surface area (Å²) in [4.78, 5) is 4.37. The van der Waals surface area contributed by atoms with Crippen molar-refractivity contribution in [2.24, 2.45) is 0 Å². The molecule has 3 aromatic rings. The molecule has 0 saturated heterocycles. The van der Waals surface area contributed by atoms with E-state index in [1.54, 1.807) is 18.5 Å². The Labute approximate surface area is 129 Å². The first-order valence-electron chi connectivity index (χ1n) is 7.41. The molecule has 0 aliphatic carbocycles. The lowest BCUT2D eigenvalue weighted by atomic mass is 10.1. The third-order valence-electron chi connectivity index (χ3n) is 4.03. The fourth-order valence-electron chi connectivity index (χ4n) is 2.55. The number of fused-ring (bicyclic) bond motifs is 1. The molecule has 0 unspecified atom stereocenters. The van der Waals surface area contributed by atoms with Crippen LogP contribution in [0.2, 0.25) is 0 Å². The third kappa shape index (κ3) is 2.99. The molecule has 5 heteroatoms. The summed E-state index contributed by atoms with van der Waals surface area (Å²) in [6.45, 7) is 4.77. The Bertz CT molecular complexity index is 754. The minimum Gasteiger partial charge on any atom is -0.308 e. The second-order valence-corrected chi connectivity index (χ2v) is 5.54. The van der Waals surface area contributed by atoms with Crippen LogP contribution in [0, 0.1) is 5.82 Å². The first-order valence-corrected chi connectivity index (χ1v) is 7.41. The molecule has 2 atom stereocenters. The van der Waals surface area contributed by atoms with Gasteiger partial charge in [-0.25, -0.2) is 4.39 Å². The number of benzene rings is 1. The lowest BCUT2D eigenvalue weighted by molar-refractivity contribution is 0.365. The average molecular weight is 298 g/mol. The van der Waals surface area contributed by atoms with E-state index in [-0.39, 0.29) is 17.9 Å². The van der Waals surface area contributed by atoms with Gasteiger partial charge in [0.05, 0.1) is 11.6 Å². The predicted molar refractivity (Wildman–Crippen MR) is 84.9 cm³/mol. The van der Waals surface area contributed by atoms with Crippen molar-refractivity contribution in [2.75, 3.05) is 0 Å². The van der Waals surface area contributed by atoms with Gasteiger partial charge in [-0.1, -0.05) is 6.07 Å². The van der Waals surface area contributed by atoms with E-state index in [1.807, 2.05) is 29.1 Å². The summed E-state index contributed by atoms with van der Waals surface area (Å²) in [6.07, 6.45) is 5.45. The molecule has 0 aliphatic heterocycles. The minimum atomic E-state index is -0.231. The Morgan fingerprint density at radius 3 is 2.86 bits per heavy atom. The number of hydrogen-bond donors (Lipinski definition) is 1. The molecule has 0 radical (unpaired) electrons. The van der Waals surface area contributed by atoms with E-state index < -0.39 is 0 Å². The summed E-state index contributed by atoms with van der Waals surface area (Å²) in [5, 5.41) is 8.53. The van der Waals surface area contributed by atoms with Crippen LogP contribution >= 0.6 is 0 Å². The smallest absolute Gasteiger partial charge is 0.124 e. The highest BCUT2D eigenvalue weighted by Gasteiger charge is 2.14. The first kappa shape index (κ1) is 14.7. The molecule has 0 fully saturated rings. The van der Waals surface area contributed by atoms with Crippen molar-refractivity contribution in [2.45, 2.75) is 32.5 Å². The number of hydrogen-bond acceptors (Lipinski definition) is 3. The quantitative estimate of drug-likeness (QED) is 0.786. The fraction of sp³-hybridized carbons (Fsp3) is 0.294. The van der Waals surface area contributed by atoms with Crippen LogP contribution in [0.15, 0.2) is 48.9 Å². The minimum absolute atomic E-state index is 0.196. The Morgan fingerprint density at radius 2 is 2.09 bits per heavy atom. The number of pyridine rings is 1. The van der Waals surface area contributed by atoms with Gasteiger partial charge < -0.3 is 5.32 Å². The Morgan fingerprint density at radius 1 is 1.23 bits per heavy atom. The van der Waals surface area contributed by atoms with Gasteiger partial charge in [0, 0.05) is 36.6 Å². The van der Waals surface area contributed by atoms with Gasteiger partial charge in [0.1, 0.15) is 5.82 Å². The molecule has 0 amide bonds. The third-order valence-corrected chi connectivity index (χ3v) is 4.03. The van der Waals surface area contributed by atoms with E-state index in [1.165, 1.54) is 6.07 Å². The van der Waals surface area contributed by atoms with Crippen molar-refractivity contribution >= 4 is 10.9 Å². The maximum atomic E-state index is 13.7. The van der Waals surface area contributed by atoms with Crippen molar-refractivity contribution in [3.63, 3.8) is 0 Å². The van der Waals surface area contributed by atoms with Crippen molar-refractivity contribution in [1.82, 2.24) is 20.1 Å². The SMILES string of the molecule is C[C@H](NCc1cc(F)cc2cccnc12)[C@H](C)n1cccn1. The summed E-state index contributed by atoms with van der Waals surface area (Å²) in [6, 6.07) is 9.08. The highest BCUT2D eigenvalue weighted by atomic mass is 19.1. The van der Waals surface area contributed by atoms with Crippen molar-refractivity contribution in [1.29, 1.82) is 0 Å². The topological polar surface area (TPSA) is 42.7 Å². The van der Waals surface area contributed by atoms with Gasteiger partial charge in [-0.15, -0.1) is 0 Å². The molecule has 0 saturated carbocycles. The van der Waals surface area contributed by atoms with Crippen molar-refractivity contribution < 1.29 is 4.39 Å². The summed E-state index contributed by atoms with van der Waals surface area (Å²) < 4.78 is 15.7. The molecule has 0 aliphatic rings. The second-order valence-electron chi connectivity index (χ2n) is 5.54. The zero-order valence-corrected chi connectivity index (χ0v) is 12.7. The molecule has 0 bridgehead atoms. The van der Waals surface area contributed by atoms with E-state index >= 15 is 0 Å². The summed E-state index contributed by atoms with van der Waals surface area (Å²) in [7, 11) is 0. The van der Waals surface area contributed by atoms with E-state index in [4.69, 9.17) is 0 Å². The summed E-state index contributed by atoms with van der Waals surface area (Å²) in [5.41, 5.74) is 1.71. The Hall–Kier alpha value is -2.27. The number of halogens is 1. The average Bonchev–Trinajstić information content (AvgIpc) is 3.05. The predicted octanol–water partition coefficient (Wildman–Crippen LogP) is 3.31. The van der Waals surface area contributed by atoms with Crippen LogP contribution in [0.25, 0.3) is 10.9 Å². The van der Waals surface area contributed by atoms with Gasteiger partial charge in [0.25, 0.3) is 0 Å². The molecule has 2 aromatic heterocycles. The van der Waals surface area contributed by atoms with Crippen LogP contribution in [0.4, 0.5) is 4.39 Å². The lowest BCUT2D eigenvalue weighted by Crippen LogP contribution is -2.33. The molecule has 114 valence electrons. The molecule has 3 rings (SSSR count). The second kappa shape index (κ2) is 6.23. The molecule has 1 aromatic carbocycles. The van der Waals surface area contributed by atoms with Crippen LogP contribution in [0.5, 0.6) is 0 Å². The molecule has 0 spiro atoms. The van der Waals surface area contributed by atoms with Gasteiger partial charge in [0.2, 0.25) is 0 Å². The maximum Gasteiger partial charge on any atom is 0.124 e. The van der Waals surface area contributed by atoms with Crippen LogP contribution in [-0.2, 0) is 6.54 Å². The van der Waals surface area contributed by atoms with E-state index in [0.29, 0.717) is 6.54 Å². The van der Waals surface area contributed by atoms with Gasteiger partial charge >= 0.3 is 0 Å². The van der Waals surface area contributed by atoms with Gasteiger partial charge in [-0.2, -0.15) is 5.10 Å². The van der Waals surface area contributed by atoms with Crippen LogP contribution in [0.3, 0.4) is 0 Å². The highest BCUT2D eigenvalue weighted by Crippen LogP contribution is 2.19. The van der Waals surface area contributed by atoms with Crippen LogP contribution in [0.1, 0.15) is 25.5 Å². The van der Waals surface area contributed by atoms with Crippen molar-refractivity contribution in [3.05, 3.63) is 60.3 Å². The molecular formula is C17H19FN4. The summed E-state index contributed by atoms with van der Waals surface area (Å²) in [5.74, 6) is -0.231. The zero-order valence-electron chi connectivity index (χ0n) is 12.7. The van der Waals surface area contributed by atoms with Crippen LogP contribution in [-0.4, -0.2) is 20.8 Å². The zero-order chi connectivity index (χ0) is 15.5. The van der Waals surface area contributed by atoms with Gasteiger partial charge in [-0.3, -0.25) is 9.67 Å². The largest absolute Gasteiger partial charge is 0.308 e. The Kier molecular flexibility index (Phi) is 4.15. The van der Waals surface area contributed by atoms with E-state index in [9.17, 15) is 4.39 Å². The van der Waals surface area contributed by atoms with E-state index in [0.717, 1.165) is 16.5 Å². The first-order chi connectivity index (χ1) is 10.6. The normalized spacial score (nSPS) is 14.1. The number of rotatable bonds is 5. The fourth-order valence-corrected chi connectivity index (χ4v) is 2.55. The molecular weight excluding hydrogens is 279 g/mol. The molecule has 2 heterocycles. The van der Waals surface area contributed by atoms with Gasteiger partial charge in [-0.05, 0) is 43.7 Å². The summed E-state index contributed by atoms with van der Waals surface area (Å²) >= 11 is 0. The molecule has 1 N–H and O–H groups in total. The van der Waals surface area contributed by atoms with Gasteiger partial charge in [0.15, 0.2) is 0 Å². The number of aromatic nitrogens is 3. The van der Waals surface area contributed by atoms with Crippen molar-refractivity contribution in [3.8, 4) is 0 Å². The molecule has 22 heavy (non-hydrogen) atoms.